The lowest BCUT2D eigenvalue weighted by Gasteiger charge is -2.30. The van der Waals surface area contributed by atoms with Gasteiger partial charge in [0.05, 0.1) is 6.20 Å². The summed E-state index contributed by atoms with van der Waals surface area (Å²) in [5, 5.41) is 15.8. The molecule has 1 heterocycles. The molecule has 106 valence electrons. The second-order valence-corrected chi connectivity index (χ2v) is 4.85. The summed E-state index contributed by atoms with van der Waals surface area (Å²) in [7, 11) is 3.51. The quantitative estimate of drug-likeness (QED) is 0.352. The van der Waals surface area contributed by atoms with Crippen LogP contribution in [0, 0.1) is 5.41 Å². The molecule has 0 saturated carbocycles. The SMILES string of the molecule is CCC(C)(C(=O)N(C)Cc1cnn(C)c1)C(N)=NO. The maximum absolute atomic E-state index is 12.4. The Kier molecular flexibility index (Phi) is 4.52. The van der Waals surface area contributed by atoms with Crippen molar-refractivity contribution in [3.63, 3.8) is 0 Å². The number of amides is 1. The minimum Gasteiger partial charge on any atom is -0.409 e. The van der Waals surface area contributed by atoms with Gasteiger partial charge >= 0.3 is 0 Å². The molecule has 1 aromatic heterocycles. The molecule has 19 heavy (non-hydrogen) atoms. The summed E-state index contributed by atoms with van der Waals surface area (Å²) < 4.78 is 1.68. The third kappa shape index (κ3) is 3.04. The molecule has 1 unspecified atom stereocenters. The Balaban J connectivity index is 2.86. The molecule has 1 aromatic rings. The van der Waals surface area contributed by atoms with Gasteiger partial charge in [0, 0.05) is 32.4 Å². The van der Waals surface area contributed by atoms with E-state index in [0.717, 1.165) is 5.56 Å². The number of aryl methyl sites for hydroxylation is 1. The van der Waals surface area contributed by atoms with Crippen LogP contribution in [-0.4, -0.2) is 38.7 Å². The van der Waals surface area contributed by atoms with E-state index >= 15 is 0 Å². The predicted molar refractivity (Wildman–Crippen MR) is 71.5 cm³/mol. The molecule has 0 saturated heterocycles. The molecule has 1 rings (SSSR count). The van der Waals surface area contributed by atoms with Gasteiger partial charge in [-0.15, -0.1) is 0 Å². The zero-order chi connectivity index (χ0) is 14.6. The molecule has 0 aliphatic heterocycles. The van der Waals surface area contributed by atoms with Crippen molar-refractivity contribution >= 4 is 11.7 Å². The molecule has 0 aliphatic carbocycles. The molecule has 7 heteroatoms. The molecular weight excluding hydrogens is 246 g/mol. The summed E-state index contributed by atoms with van der Waals surface area (Å²) in [5.41, 5.74) is 5.57. The Morgan fingerprint density at radius 3 is 2.74 bits per heavy atom. The average molecular weight is 267 g/mol. The van der Waals surface area contributed by atoms with Gasteiger partial charge in [-0.05, 0) is 13.3 Å². The van der Waals surface area contributed by atoms with Crippen molar-refractivity contribution < 1.29 is 10.0 Å². The second-order valence-electron chi connectivity index (χ2n) is 4.85. The minimum absolute atomic E-state index is 0.0713. The summed E-state index contributed by atoms with van der Waals surface area (Å²) in [6, 6.07) is 0. The third-order valence-corrected chi connectivity index (χ3v) is 3.38. The van der Waals surface area contributed by atoms with E-state index in [1.807, 2.05) is 20.2 Å². The van der Waals surface area contributed by atoms with Crippen LogP contribution in [0.3, 0.4) is 0 Å². The first-order valence-electron chi connectivity index (χ1n) is 6.06. The van der Waals surface area contributed by atoms with Gasteiger partial charge in [-0.1, -0.05) is 12.1 Å². The van der Waals surface area contributed by atoms with Gasteiger partial charge in [-0.2, -0.15) is 5.10 Å². The first-order valence-corrected chi connectivity index (χ1v) is 6.06. The normalized spacial score (nSPS) is 15.1. The summed E-state index contributed by atoms with van der Waals surface area (Å²) in [4.78, 5) is 14.0. The van der Waals surface area contributed by atoms with Crippen LogP contribution in [-0.2, 0) is 18.4 Å². The van der Waals surface area contributed by atoms with Crippen molar-refractivity contribution in [2.24, 2.45) is 23.4 Å². The van der Waals surface area contributed by atoms with Gasteiger partial charge in [0.1, 0.15) is 5.41 Å². The molecule has 0 aromatic carbocycles. The van der Waals surface area contributed by atoms with Crippen molar-refractivity contribution in [3.05, 3.63) is 18.0 Å². The predicted octanol–water partition coefficient (Wildman–Crippen LogP) is 0.541. The highest BCUT2D eigenvalue weighted by molar-refractivity contribution is 6.06. The van der Waals surface area contributed by atoms with Gasteiger partial charge in [0.25, 0.3) is 0 Å². The number of nitrogens with zero attached hydrogens (tertiary/aromatic N) is 4. The van der Waals surface area contributed by atoms with Gasteiger partial charge < -0.3 is 15.8 Å². The number of carbonyl (C=O) groups excluding carboxylic acids is 1. The van der Waals surface area contributed by atoms with Crippen molar-refractivity contribution in [1.29, 1.82) is 0 Å². The van der Waals surface area contributed by atoms with E-state index in [-0.39, 0.29) is 11.7 Å². The van der Waals surface area contributed by atoms with Crippen LogP contribution in [0.2, 0.25) is 0 Å². The highest BCUT2D eigenvalue weighted by Gasteiger charge is 2.38. The first-order chi connectivity index (χ1) is 8.85. The van der Waals surface area contributed by atoms with Crippen molar-refractivity contribution in [1.82, 2.24) is 14.7 Å². The summed E-state index contributed by atoms with van der Waals surface area (Å²) in [6.45, 7) is 3.93. The van der Waals surface area contributed by atoms with Gasteiger partial charge in [-0.3, -0.25) is 9.48 Å². The molecular formula is C12H21N5O2. The highest BCUT2D eigenvalue weighted by Crippen LogP contribution is 2.24. The molecule has 0 bridgehead atoms. The molecule has 1 amide bonds. The molecule has 1 atom stereocenters. The van der Waals surface area contributed by atoms with Gasteiger partial charge in [-0.25, -0.2) is 0 Å². The lowest BCUT2D eigenvalue weighted by Crippen LogP contribution is -2.47. The Hall–Kier alpha value is -2.05. The van der Waals surface area contributed by atoms with Gasteiger partial charge in [0.15, 0.2) is 5.84 Å². The summed E-state index contributed by atoms with van der Waals surface area (Å²) in [5.74, 6) is -0.257. The number of aromatic nitrogens is 2. The zero-order valence-electron chi connectivity index (χ0n) is 11.8. The molecule has 3 N–H and O–H groups in total. The lowest BCUT2D eigenvalue weighted by molar-refractivity contribution is -0.137. The van der Waals surface area contributed by atoms with Crippen LogP contribution in [0.25, 0.3) is 0 Å². The van der Waals surface area contributed by atoms with E-state index in [9.17, 15) is 4.79 Å². The number of hydrogen-bond acceptors (Lipinski definition) is 4. The van der Waals surface area contributed by atoms with E-state index in [4.69, 9.17) is 10.9 Å². The number of nitrogens with two attached hydrogens (primary N) is 1. The second kappa shape index (κ2) is 5.73. The lowest BCUT2D eigenvalue weighted by atomic mass is 9.84. The van der Waals surface area contributed by atoms with Crippen LogP contribution >= 0.6 is 0 Å². The maximum Gasteiger partial charge on any atom is 0.236 e. The number of carbonyl (C=O) groups is 1. The van der Waals surface area contributed by atoms with E-state index in [1.54, 1.807) is 29.7 Å². The zero-order valence-corrected chi connectivity index (χ0v) is 11.8. The number of rotatable bonds is 5. The fourth-order valence-electron chi connectivity index (χ4n) is 1.87. The number of oxime groups is 1. The summed E-state index contributed by atoms with van der Waals surface area (Å²) >= 11 is 0. The Labute approximate surface area is 112 Å². The van der Waals surface area contributed by atoms with Crippen LogP contribution in [0.5, 0.6) is 0 Å². The maximum atomic E-state index is 12.4. The number of amidine groups is 1. The average Bonchev–Trinajstić information content (AvgIpc) is 2.81. The van der Waals surface area contributed by atoms with Crippen molar-refractivity contribution in [2.75, 3.05) is 7.05 Å². The van der Waals surface area contributed by atoms with Crippen LogP contribution in [0.15, 0.2) is 17.5 Å². The van der Waals surface area contributed by atoms with Crippen LogP contribution < -0.4 is 5.73 Å². The fourth-order valence-corrected chi connectivity index (χ4v) is 1.87. The first kappa shape index (κ1) is 15.0. The molecule has 0 fully saturated rings. The molecule has 0 aliphatic rings. The van der Waals surface area contributed by atoms with Crippen molar-refractivity contribution in [2.45, 2.75) is 26.8 Å². The van der Waals surface area contributed by atoms with Crippen LogP contribution in [0.1, 0.15) is 25.8 Å². The molecule has 0 radical (unpaired) electrons. The molecule has 7 nitrogen and oxygen atoms in total. The molecule has 0 spiro atoms. The topological polar surface area (TPSA) is 96.7 Å². The number of hydrogen-bond donors (Lipinski definition) is 2. The third-order valence-electron chi connectivity index (χ3n) is 3.38. The highest BCUT2D eigenvalue weighted by atomic mass is 16.4. The monoisotopic (exact) mass is 267 g/mol. The van der Waals surface area contributed by atoms with E-state index in [0.29, 0.717) is 13.0 Å². The Bertz CT molecular complexity index is 482. The largest absolute Gasteiger partial charge is 0.409 e. The van der Waals surface area contributed by atoms with E-state index in [1.165, 1.54) is 0 Å². The minimum atomic E-state index is -0.994. The Morgan fingerprint density at radius 1 is 1.68 bits per heavy atom. The van der Waals surface area contributed by atoms with Crippen LogP contribution in [0.4, 0.5) is 0 Å². The Morgan fingerprint density at radius 2 is 2.32 bits per heavy atom. The van der Waals surface area contributed by atoms with Crippen molar-refractivity contribution in [3.8, 4) is 0 Å². The summed E-state index contributed by atoms with van der Waals surface area (Å²) in [6.07, 6.45) is 4.01. The fraction of sp³-hybridized carbons (Fsp3) is 0.583. The smallest absolute Gasteiger partial charge is 0.236 e. The standard InChI is InChI=1S/C12H21N5O2/c1-5-12(2,10(13)15-19)11(18)16(3)7-9-6-14-17(4)8-9/h6,8,19H,5,7H2,1-4H3,(H2,13,15). The van der Waals surface area contributed by atoms with E-state index < -0.39 is 5.41 Å². The van der Waals surface area contributed by atoms with E-state index in [2.05, 4.69) is 10.3 Å². The van der Waals surface area contributed by atoms with Gasteiger partial charge in [0.2, 0.25) is 5.91 Å².